The van der Waals surface area contributed by atoms with Crippen LogP contribution >= 0.6 is 11.3 Å². The highest BCUT2D eigenvalue weighted by atomic mass is 32.1. The van der Waals surface area contributed by atoms with Crippen LogP contribution in [0.1, 0.15) is 19.4 Å². The molecule has 6 heteroatoms. The van der Waals surface area contributed by atoms with Crippen LogP contribution in [0.2, 0.25) is 0 Å². The molecule has 2 rings (SSSR count). The van der Waals surface area contributed by atoms with E-state index in [1.807, 2.05) is 18.2 Å². The first-order valence-electron chi connectivity index (χ1n) is 5.43. The van der Waals surface area contributed by atoms with Gasteiger partial charge in [-0.1, -0.05) is 17.4 Å². The van der Waals surface area contributed by atoms with E-state index in [-0.39, 0.29) is 0 Å². The summed E-state index contributed by atoms with van der Waals surface area (Å²) >= 11 is 1.42. The van der Waals surface area contributed by atoms with Crippen LogP contribution < -0.4 is 5.73 Å². The van der Waals surface area contributed by atoms with E-state index >= 15 is 0 Å². The summed E-state index contributed by atoms with van der Waals surface area (Å²) in [5, 5.41) is 9.19. The van der Waals surface area contributed by atoms with Gasteiger partial charge >= 0.3 is 6.16 Å². The minimum Gasteiger partial charge on any atom is -0.450 e. The van der Waals surface area contributed by atoms with Gasteiger partial charge in [0.2, 0.25) is 0 Å². The van der Waals surface area contributed by atoms with Crippen molar-refractivity contribution < 1.29 is 14.6 Å². The number of aromatic nitrogens is 1. The Bertz CT molecular complexity index is 592. The Kier molecular flexibility index (Phi) is 3.13. The summed E-state index contributed by atoms with van der Waals surface area (Å²) in [6, 6.07) is 5.76. The van der Waals surface area contributed by atoms with Crippen molar-refractivity contribution in [3.8, 4) is 0 Å². The number of nitrogens with zero attached hydrogens (tertiary/aromatic N) is 1. The molecule has 0 fully saturated rings. The van der Waals surface area contributed by atoms with Crippen molar-refractivity contribution in [2.24, 2.45) is 0 Å². The number of carboxylic acid groups (broad SMARTS) is 1. The number of hydrogen-bond donors (Lipinski definition) is 2. The molecule has 0 atom stereocenters. The van der Waals surface area contributed by atoms with Crippen LogP contribution in [0.15, 0.2) is 18.2 Å². The average molecular weight is 266 g/mol. The molecular formula is C12H14N2O3S. The third-order valence-electron chi connectivity index (χ3n) is 2.46. The number of ether oxygens (including phenoxy) is 1. The van der Waals surface area contributed by atoms with Gasteiger partial charge in [0.15, 0.2) is 5.13 Å². The fourth-order valence-corrected chi connectivity index (χ4v) is 2.66. The van der Waals surface area contributed by atoms with Crippen LogP contribution in [0.5, 0.6) is 0 Å². The number of hydrogen-bond acceptors (Lipinski definition) is 5. The molecule has 5 nitrogen and oxygen atoms in total. The Hall–Kier alpha value is -1.82. The van der Waals surface area contributed by atoms with Crippen molar-refractivity contribution in [1.82, 2.24) is 4.98 Å². The van der Waals surface area contributed by atoms with Crippen molar-refractivity contribution in [3.63, 3.8) is 0 Å². The van der Waals surface area contributed by atoms with E-state index < -0.39 is 11.8 Å². The van der Waals surface area contributed by atoms with Crippen LogP contribution in [0.25, 0.3) is 10.2 Å². The summed E-state index contributed by atoms with van der Waals surface area (Å²) in [7, 11) is 0. The maximum Gasteiger partial charge on any atom is 0.506 e. The zero-order valence-corrected chi connectivity index (χ0v) is 11.0. The molecule has 18 heavy (non-hydrogen) atoms. The SMILES string of the molecule is CC(C)(Cc1ccc2nc(N)sc2c1)OC(=O)O. The second-order valence-electron chi connectivity index (χ2n) is 4.66. The zero-order valence-electron chi connectivity index (χ0n) is 10.1. The Labute approximate surface area is 108 Å². The average Bonchev–Trinajstić information content (AvgIpc) is 2.54. The molecule has 0 aliphatic rings. The van der Waals surface area contributed by atoms with Gasteiger partial charge in [0.1, 0.15) is 5.60 Å². The summed E-state index contributed by atoms with van der Waals surface area (Å²) in [4.78, 5) is 14.7. The molecule has 0 amide bonds. The maximum atomic E-state index is 10.6. The van der Waals surface area contributed by atoms with E-state index in [9.17, 15) is 4.79 Å². The Morgan fingerprint density at radius 3 is 2.94 bits per heavy atom. The lowest BCUT2D eigenvalue weighted by Crippen LogP contribution is -2.29. The molecule has 0 spiro atoms. The van der Waals surface area contributed by atoms with Crippen molar-refractivity contribution in [3.05, 3.63) is 23.8 Å². The normalized spacial score (nSPS) is 11.7. The standard InChI is InChI=1S/C12H14N2O3S/c1-12(2,17-11(15)16)6-7-3-4-8-9(5-7)18-10(13)14-8/h3-5H,6H2,1-2H3,(H2,13,14)(H,15,16). The number of nitrogens with two attached hydrogens (primary N) is 1. The van der Waals surface area contributed by atoms with Gasteiger partial charge in [-0.25, -0.2) is 9.78 Å². The highest BCUT2D eigenvalue weighted by Crippen LogP contribution is 2.26. The first-order valence-corrected chi connectivity index (χ1v) is 6.24. The molecule has 2 aromatic rings. The smallest absolute Gasteiger partial charge is 0.450 e. The molecule has 0 radical (unpaired) electrons. The molecule has 0 unspecified atom stereocenters. The van der Waals surface area contributed by atoms with Gasteiger partial charge in [-0.05, 0) is 31.5 Å². The van der Waals surface area contributed by atoms with E-state index in [2.05, 4.69) is 4.98 Å². The number of benzene rings is 1. The topological polar surface area (TPSA) is 85.4 Å². The number of nitrogen functional groups attached to an aromatic ring is 1. The van der Waals surface area contributed by atoms with Gasteiger partial charge in [0.25, 0.3) is 0 Å². The van der Waals surface area contributed by atoms with Crippen molar-refractivity contribution in [1.29, 1.82) is 0 Å². The molecule has 3 N–H and O–H groups in total. The monoisotopic (exact) mass is 266 g/mol. The van der Waals surface area contributed by atoms with E-state index in [0.717, 1.165) is 15.8 Å². The predicted octanol–water partition coefficient (Wildman–Crippen LogP) is 2.89. The Morgan fingerprint density at radius 2 is 2.28 bits per heavy atom. The minimum absolute atomic E-state index is 0.507. The fourth-order valence-electron chi connectivity index (χ4n) is 1.86. The summed E-state index contributed by atoms with van der Waals surface area (Å²) in [5.74, 6) is 0. The first kappa shape index (κ1) is 12.6. The van der Waals surface area contributed by atoms with Crippen molar-refractivity contribution in [2.45, 2.75) is 25.9 Å². The number of carbonyl (C=O) groups is 1. The second kappa shape index (κ2) is 4.45. The molecule has 0 saturated carbocycles. The maximum absolute atomic E-state index is 10.6. The Morgan fingerprint density at radius 1 is 1.56 bits per heavy atom. The van der Waals surface area contributed by atoms with Gasteiger partial charge in [0.05, 0.1) is 10.2 Å². The van der Waals surface area contributed by atoms with Crippen LogP contribution in [0.4, 0.5) is 9.93 Å². The summed E-state index contributed by atoms with van der Waals surface area (Å²) < 4.78 is 5.84. The van der Waals surface area contributed by atoms with Crippen LogP contribution in [-0.2, 0) is 11.2 Å². The fraction of sp³-hybridized carbons (Fsp3) is 0.333. The van der Waals surface area contributed by atoms with Crippen LogP contribution in [0.3, 0.4) is 0 Å². The zero-order chi connectivity index (χ0) is 13.3. The third kappa shape index (κ3) is 2.89. The molecule has 0 aliphatic heterocycles. The van der Waals surface area contributed by atoms with E-state index in [1.165, 1.54) is 11.3 Å². The second-order valence-corrected chi connectivity index (χ2v) is 5.72. The molecule has 0 saturated heterocycles. The lowest BCUT2D eigenvalue weighted by Gasteiger charge is -2.23. The molecule has 1 aromatic heterocycles. The van der Waals surface area contributed by atoms with Crippen molar-refractivity contribution >= 4 is 32.8 Å². The van der Waals surface area contributed by atoms with Gasteiger partial charge < -0.3 is 15.6 Å². The molecule has 1 heterocycles. The first-order chi connectivity index (χ1) is 8.35. The van der Waals surface area contributed by atoms with E-state index in [0.29, 0.717) is 11.6 Å². The van der Waals surface area contributed by atoms with Gasteiger partial charge in [-0.2, -0.15) is 0 Å². The minimum atomic E-state index is -1.26. The molecule has 0 bridgehead atoms. The summed E-state index contributed by atoms with van der Waals surface area (Å²) in [6.07, 6.45) is -0.754. The summed E-state index contributed by atoms with van der Waals surface area (Å²) in [6.45, 7) is 3.48. The number of fused-ring (bicyclic) bond motifs is 1. The predicted molar refractivity (Wildman–Crippen MR) is 70.9 cm³/mol. The Balaban J connectivity index is 2.23. The lowest BCUT2D eigenvalue weighted by atomic mass is 9.98. The number of rotatable bonds is 3. The highest BCUT2D eigenvalue weighted by molar-refractivity contribution is 7.22. The van der Waals surface area contributed by atoms with Crippen LogP contribution in [-0.4, -0.2) is 21.8 Å². The molecule has 0 aliphatic carbocycles. The van der Waals surface area contributed by atoms with E-state index in [1.54, 1.807) is 13.8 Å². The third-order valence-corrected chi connectivity index (χ3v) is 3.31. The quantitative estimate of drug-likeness (QED) is 0.834. The molecule has 1 aromatic carbocycles. The highest BCUT2D eigenvalue weighted by Gasteiger charge is 2.23. The van der Waals surface area contributed by atoms with Gasteiger partial charge in [-0.15, -0.1) is 0 Å². The lowest BCUT2D eigenvalue weighted by molar-refractivity contribution is 0.00429. The van der Waals surface area contributed by atoms with E-state index in [4.69, 9.17) is 15.6 Å². The number of anilines is 1. The summed E-state index contributed by atoms with van der Waals surface area (Å²) in [5.41, 5.74) is 6.74. The number of thiazole rings is 1. The van der Waals surface area contributed by atoms with Gasteiger partial charge in [-0.3, -0.25) is 0 Å². The molecular weight excluding hydrogens is 252 g/mol. The largest absolute Gasteiger partial charge is 0.506 e. The van der Waals surface area contributed by atoms with Crippen molar-refractivity contribution in [2.75, 3.05) is 5.73 Å². The van der Waals surface area contributed by atoms with Gasteiger partial charge in [0, 0.05) is 6.42 Å². The molecule has 96 valence electrons. The van der Waals surface area contributed by atoms with Crippen LogP contribution in [0, 0.1) is 0 Å².